The summed E-state index contributed by atoms with van der Waals surface area (Å²) in [7, 11) is 0. The van der Waals surface area contributed by atoms with Crippen LogP contribution in [0.25, 0.3) is 61.0 Å². The van der Waals surface area contributed by atoms with Gasteiger partial charge in [0, 0.05) is 33.4 Å². The summed E-state index contributed by atoms with van der Waals surface area (Å²) in [6, 6.07) is 66.7. The van der Waals surface area contributed by atoms with Gasteiger partial charge in [-0.05, 0) is 79.9 Å². The Morgan fingerprint density at radius 1 is 0.446 bits per heavy atom. The molecular weight excluding hydrogens is 677 g/mol. The minimum atomic E-state index is -0.144. The number of aliphatic imine (C=N–C) groups is 2. The third-order valence-electron chi connectivity index (χ3n) is 11.3. The molecule has 56 heavy (non-hydrogen) atoms. The Labute approximate surface area is 329 Å². The fraction of sp³-hybridized carbons (Fsp3) is 0.0741. The summed E-state index contributed by atoms with van der Waals surface area (Å²) in [6.45, 7) is 11.4. The van der Waals surface area contributed by atoms with Gasteiger partial charge in [-0.1, -0.05) is 196 Å². The van der Waals surface area contributed by atoms with Crippen LogP contribution in [-0.2, 0) is 5.41 Å². The van der Waals surface area contributed by atoms with Gasteiger partial charge in [-0.25, -0.2) is 9.98 Å². The van der Waals surface area contributed by atoms with Gasteiger partial charge in [-0.3, -0.25) is 0 Å². The van der Waals surface area contributed by atoms with Crippen LogP contribution in [-0.4, -0.2) is 11.5 Å². The predicted molar refractivity (Wildman–Crippen MR) is 238 cm³/mol. The van der Waals surface area contributed by atoms with Gasteiger partial charge in [0.25, 0.3) is 0 Å². The Balaban J connectivity index is 1.28. The number of benzene rings is 8. The van der Waals surface area contributed by atoms with Crippen molar-refractivity contribution < 1.29 is 0 Å². The Bertz CT molecular complexity index is 2840. The molecule has 8 aromatic carbocycles. The number of amidine groups is 1. The van der Waals surface area contributed by atoms with Gasteiger partial charge in [-0.2, -0.15) is 0 Å². The molecule has 268 valence electrons. The van der Waals surface area contributed by atoms with E-state index in [1.807, 2.05) is 6.07 Å². The van der Waals surface area contributed by atoms with E-state index in [4.69, 9.17) is 9.98 Å². The molecule has 0 saturated carbocycles. The van der Waals surface area contributed by atoms with Gasteiger partial charge in [0.1, 0.15) is 0 Å². The molecule has 0 amide bonds. The first-order chi connectivity index (χ1) is 27.4. The molecule has 0 unspecified atom stereocenters. The molecule has 8 aromatic rings. The highest BCUT2D eigenvalue weighted by atomic mass is 14.9. The smallest absolute Gasteiger partial charge is 0.160 e. The summed E-state index contributed by atoms with van der Waals surface area (Å²) in [6.07, 6.45) is 0. The zero-order chi connectivity index (χ0) is 38.2. The Kier molecular flexibility index (Phi) is 8.96. The lowest BCUT2D eigenvalue weighted by Gasteiger charge is -2.22. The third kappa shape index (κ3) is 6.20. The van der Waals surface area contributed by atoms with E-state index in [0.717, 1.165) is 66.6 Å². The highest BCUT2D eigenvalue weighted by molar-refractivity contribution is 6.19. The van der Waals surface area contributed by atoms with Crippen LogP contribution in [0.5, 0.6) is 0 Å². The lowest BCUT2D eigenvalue weighted by molar-refractivity contribution is 0.660. The molecule has 0 N–H and O–H groups in total. The van der Waals surface area contributed by atoms with Crippen molar-refractivity contribution in [1.82, 2.24) is 0 Å². The molecule has 0 fully saturated rings. The molecule has 9 rings (SSSR count). The van der Waals surface area contributed by atoms with Crippen molar-refractivity contribution in [2.75, 3.05) is 0 Å². The van der Waals surface area contributed by atoms with E-state index in [0.29, 0.717) is 11.5 Å². The minimum absolute atomic E-state index is 0.144. The third-order valence-corrected chi connectivity index (χ3v) is 11.3. The van der Waals surface area contributed by atoms with Crippen molar-refractivity contribution in [3.05, 3.63) is 222 Å². The number of fused-ring (bicyclic) bond motifs is 4. The Hall–Kier alpha value is -6.90. The fourth-order valence-corrected chi connectivity index (χ4v) is 8.45. The molecule has 0 saturated heterocycles. The Morgan fingerprint density at radius 3 is 1.71 bits per heavy atom. The molecule has 1 aliphatic rings. The first-order valence-corrected chi connectivity index (χ1v) is 19.3. The molecular formula is C54H42N2. The Morgan fingerprint density at radius 2 is 1.00 bits per heavy atom. The average molecular weight is 719 g/mol. The largest absolute Gasteiger partial charge is 0.233 e. The average Bonchev–Trinajstić information content (AvgIpc) is 3.48. The van der Waals surface area contributed by atoms with Crippen molar-refractivity contribution >= 4 is 28.0 Å². The van der Waals surface area contributed by atoms with Crippen molar-refractivity contribution in [3.63, 3.8) is 0 Å². The molecule has 0 aliphatic heterocycles. The molecule has 2 heteroatoms. The number of nitrogens with zero attached hydrogens (tertiary/aromatic N) is 2. The van der Waals surface area contributed by atoms with Gasteiger partial charge in [-0.15, -0.1) is 0 Å². The van der Waals surface area contributed by atoms with E-state index in [2.05, 4.69) is 209 Å². The summed E-state index contributed by atoms with van der Waals surface area (Å²) in [5.74, 6) is 0.613. The summed E-state index contributed by atoms with van der Waals surface area (Å²) < 4.78 is 0. The molecule has 0 bridgehead atoms. The second-order valence-electron chi connectivity index (χ2n) is 15.0. The van der Waals surface area contributed by atoms with Crippen LogP contribution in [0, 0.1) is 0 Å². The van der Waals surface area contributed by atoms with Gasteiger partial charge >= 0.3 is 0 Å². The normalized spacial score (nSPS) is 13.3. The van der Waals surface area contributed by atoms with E-state index in [-0.39, 0.29) is 5.41 Å². The number of hydrogen-bond acceptors (Lipinski definition) is 1. The summed E-state index contributed by atoms with van der Waals surface area (Å²) in [5.41, 5.74) is 16.3. The molecule has 0 atom stereocenters. The monoisotopic (exact) mass is 718 g/mol. The topological polar surface area (TPSA) is 24.7 Å². The second-order valence-corrected chi connectivity index (χ2v) is 15.0. The van der Waals surface area contributed by atoms with Crippen LogP contribution < -0.4 is 0 Å². The van der Waals surface area contributed by atoms with Crippen LogP contribution in [0.4, 0.5) is 0 Å². The lowest BCUT2D eigenvalue weighted by atomic mass is 9.81. The molecule has 0 spiro atoms. The highest BCUT2D eigenvalue weighted by Crippen LogP contribution is 2.50. The zero-order valence-electron chi connectivity index (χ0n) is 32.0. The van der Waals surface area contributed by atoms with Crippen LogP contribution >= 0.6 is 0 Å². The van der Waals surface area contributed by atoms with Gasteiger partial charge in [0.15, 0.2) is 5.84 Å². The van der Waals surface area contributed by atoms with E-state index in [1.165, 1.54) is 22.3 Å². The van der Waals surface area contributed by atoms with Crippen LogP contribution in [0.2, 0.25) is 0 Å². The van der Waals surface area contributed by atoms with E-state index in [1.54, 1.807) is 0 Å². The van der Waals surface area contributed by atoms with Crippen molar-refractivity contribution in [2.45, 2.75) is 26.2 Å². The first-order valence-electron chi connectivity index (χ1n) is 19.3. The molecule has 0 radical (unpaired) electrons. The maximum atomic E-state index is 5.50. The first kappa shape index (κ1) is 34.8. The highest BCUT2D eigenvalue weighted by Gasteiger charge is 2.35. The standard InChI is InChI=1S/C54H42N2/c1-36(42-24-13-15-26-44(42)38-19-7-5-8-20-38)55-53(56-37(2)43-25-14-16-27-45(43)39-21-9-6-10-22-39)49-34-31-40-23-11-12-28-46(40)52(49)41-32-33-48-47-29-17-18-30-50(47)54(3,4)51(48)35-41/h5-35H,1H2,2-4H3. The van der Waals surface area contributed by atoms with Gasteiger partial charge in [0.05, 0.1) is 5.70 Å². The number of hydrogen-bond donors (Lipinski definition) is 0. The SMILES string of the molecule is C=C(N=C(N=C(C)c1ccccc1-c1ccccc1)c1ccc2ccccc2c1-c1ccc2c(c1)C(C)(C)c1ccccc1-2)c1ccccc1-c1ccccc1. The second kappa shape index (κ2) is 14.4. The zero-order valence-corrected chi connectivity index (χ0v) is 32.0. The molecule has 0 heterocycles. The van der Waals surface area contributed by atoms with E-state index >= 15 is 0 Å². The molecule has 2 nitrogen and oxygen atoms in total. The number of rotatable bonds is 7. The summed E-state index contributed by atoms with van der Waals surface area (Å²) >= 11 is 0. The van der Waals surface area contributed by atoms with Crippen molar-refractivity contribution in [1.29, 1.82) is 0 Å². The van der Waals surface area contributed by atoms with Crippen LogP contribution in [0.1, 0.15) is 48.6 Å². The predicted octanol–water partition coefficient (Wildman–Crippen LogP) is 14.1. The summed E-state index contributed by atoms with van der Waals surface area (Å²) in [4.78, 5) is 10.9. The minimum Gasteiger partial charge on any atom is -0.233 e. The molecule has 0 aromatic heterocycles. The van der Waals surface area contributed by atoms with Crippen LogP contribution in [0.3, 0.4) is 0 Å². The fourth-order valence-electron chi connectivity index (χ4n) is 8.45. The lowest BCUT2D eigenvalue weighted by Crippen LogP contribution is -2.15. The quantitative estimate of drug-likeness (QED) is 0.116. The van der Waals surface area contributed by atoms with Crippen LogP contribution in [0.15, 0.2) is 205 Å². The maximum absolute atomic E-state index is 5.50. The van der Waals surface area contributed by atoms with E-state index in [9.17, 15) is 0 Å². The molecule has 1 aliphatic carbocycles. The van der Waals surface area contributed by atoms with Crippen molar-refractivity contribution in [3.8, 4) is 44.5 Å². The van der Waals surface area contributed by atoms with Crippen molar-refractivity contribution in [2.24, 2.45) is 9.98 Å². The van der Waals surface area contributed by atoms with E-state index < -0.39 is 0 Å². The van der Waals surface area contributed by atoms with Gasteiger partial charge in [0.2, 0.25) is 0 Å². The van der Waals surface area contributed by atoms with Gasteiger partial charge < -0.3 is 0 Å². The summed E-state index contributed by atoms with van der Waals surface area (Å²) in [5, 5.41) is 2.32. The maximum Gasteiger partial charge on any atom is 0.160 e.